The fourth-order valence-corrected chi connectivity index (χ4v) is 7.43. The van der Waals surface area contributed by atoms with E-state index in [4.69, 9.17) is 4.42 Å². The average Bonchev–Trinajstić information content (AvgIpc) is 3.47. The molecule has 0 atom stereocenters. The topological polar surface area (TPSA) is 16.4 Å². The third-order valence-electron chi connectivity index (χ3n) is 7.86. The molecule has 0 bridgehead atoms. The Balaban J connectivity index is 1.53. The van der Waals surface area contributed by atoms with Crippen LogP contribution in [0.4, 0.5) is 17.1 Å². The van der Waals surface area contributed by atoms with Crippen molar-refractivity contribution in [3.63, 3.8) is 0 Å². The smallest absolute Gasteiger partial charge is 0.137 e. The number of benzene rings is 5. The highest BCUT2D eigenvalue weighted by molar-refractivity contribution is 7.26. The number of nitrogens with zero attached hydrogens (tertiary/aromatic N) is 1. The Morgan fingerprint density at radius 2 is 1.22 bits per heavy atom. The molecule has 36 heavy (non-hydrogen) atoms. The summed E-state index contributed by atoms with van der Waals surface area (Å²) < 4.78 is 9.08. The molecule has 0 saturated carbocycles. The van der Waals surface area contributed by atoms with Crippen LogP contribution in [0.2, 0.25) is 0 Å². The van der Waals surface area contributed by atoms with Crippen LogP contribution in [-0.2, 0) is 5.41 Å². The molecule has 0 spiro atoms. The molecule has 0 aliphatic carbocycles. The molecule has 2 nitrogen and oxygen atoms in total. The first-order valence-electron chi connectivity index (χ1n) is 12.4. The van der Waals surface area contributed by atoms with Gasteiger partial charge in [-0.15, -0.1) is 11.3 Å². The summed E-state index contributed by atoms with van der Waals surface area (Å²) in [5, 5.41) is 4.98. The Kier molecular flexibility index (Phi) is 3.91. The number of fused-ring (bicyclic) bond motifs is 9. The predicted octanol–water partition coefficient (Wildman–Crippen LogP) is 10.1. The molecule has 172 valence electrons. The molecular formula is C33H23NOS. The van der Waals surface area contributed by atoms with Crippen molar-refractivity contribution in [3.8, 4) is 0 Å². The Morgan fingerprint density at radius 3 is 2.00 bits per heavy atom. The van der Waals surface area contributed by atoms with Crippen LogP contribution >= 0.6 is 11.3 Å². The quantitative estimate of drug-likeness (QED) is 0.232. The van der Waals surface area contributed by atoms with Crippen molar-refractivity contribution in [3.05, 3.63) is 114 Å². The van der Waals surface area contributed by atoms with Gasteiger partial charge in [-0.25, -0.2) is 0 Å². The standard InChI is InChI=1S/C33H23NOS/c1-33(2)22-11-4-6-13-24(22)34(25-14-7-5-12-23(25)33)26-15-9-16-27-30(26)31-28(35-27)19-18-21-20-10-3-8-17-29(20)36-32(21)31/h3-19H,1-2H3. The predicted molar refractivity (Wildman–Crippen MR) is 153 cm³/mol. The molecule has 0 unspecified atom stereocenters. The number of rotatable bonds is 1. The lowest BCUT2D eigenvalue weighted by Crippen LogP contribution is -2.30. The maximum Gasteiger partial charge on any atom is 0.137 e. The molecule has 1 aliphatic heterocycles. The molecule has 1 aliphatic rings. The molecule has 8 rings (SSSR count). The van der Waals surface area contributed by atoms with E-state index in [9.17, 15) is 0 Å². The van der Waals surface area contributed by atoms with Crippen LogP contribution in [0.3, 0.4) is 0 Å². The summed E-state index contributed by atoms with van der Waals surface area (Å²) in [6.45, 7) is 4.66. The Hall–Kier alpha value is -4.08. The van der Waals surface area contributed by atoms with Gasteiger partial charge in [0.25, 0.3) is 0 Å². The van der Waals surface area contributed by atoms with Gasteiger partial charge in [0, 0.05) is 31.0 Å². The largest absolute Gasteiger partial charge is 0.456 e. The van der Waals surface area contributed by atoms with Crippen molar-refractivity contribution in [2.75, 3.05) is 4.90 Å². The van der Waals surface area contributed by atoms with Crippen molar-refractivity contribution in [2.24, 2.45) is 0 Å². The van der Waals surface area contributed by atoms with Crippen molar-refractivity contribution >= 4 is 70.5 Å². The van der Waals surface area contributed by atoms with E-state index in [1.54, 1.807) is 0 Å². The van der Waals surface area contributed by atoms with Gasteiger partial charge in [-0.2, -0.15) is 0 Å². The molecule has 5 aromatic carbocycles. The summed E-state index contributed by atoms with van der Waals surface area (Å²) in [6.07, 6.45) is 0. The van der Waals surface area contributed by atoms with Crippen LogP contribution in [0.5, 0.6) is 0 Å². The lowest BCUT2D eigenvalue weighted by molar-refractivity contribution is 0.632. The monoisotopic (exact) mass is 481 g/mol. The van der Waals surface area contributed by atoms with Crippen LogP contribution < -0.4 is 4.90 Å². The summed E-state index contributed by atoms with van der Waals surface area (Å²) in [6, 6.07) is 37.2. The van der Waals surface area contributed by atoms with Crippen LogP contribution in [0.15, 0.2) is 108 Å². The lowest BCUT2D eigenvalue weighted by Gasteiger charge is -2.42. The van der Waals surface area contributed by atoms with Crippen molar-refractivity contribution in [1.82, 2.24) is 0 Å². The van der Waals surface area contributed by atoms with Crippen molar-refractivity contribution in [1.29, 1.82) is 0 Å². The van der Waals surface area contributed by atoms with Gasteiger partial charge in [-0.1, -0.05) is 74.5 Å². The summed E-state index contributed by atoms with van der Waals surface area (Å²) in [4.78, 5) is 2.44. The molecule has 0 radical (unpaired) electrons. The SMILES string of the molecule is CC1(C)c2ccccc2N(c2cccc3oc4ccc5c6ccccc6sc5c4c23)c2ccccc21. The Morgan fingerprint density at radius 1 is 0.583 bits per heavy atom. The minimum atomic E-state index is -0.0885. The first-order valence-corrected chi connectivity index (χ1v) is 13.2. The van der Waals surface area contributed by atoms with Gasteiger partial charge < -0.3 is 9.32 Å². The van der Waals surface area contributed by atoms with Crippen LogP contribution in [0, 0.1) is 0 Å². The summed E-state index contributed by atoms with van der Waals surface area (Å²) >= 11 is 1.86. The van der Waals surface area contributed by atoms with Gasteiger partial charge in [-0.05, 0) is 53.6 Å². The van der Waals surface area contributed by atoms with E-state index in [0.29, 0.717) is 0 Å². The molecular weight excluding hydrogens is 458 g/mol. The molecule has 7 aromatic rings. The molecule has 3 heteroatoms. The highest BCUT2D eigenvalue weighted by Gasteiger charge is 2.37. The van der Waals surface area contributed by atoms with E-state index >= 15 is 0 Å². The number of para-hydroxylation sites is 2. The van der Waals surface area contributed by atoms with E-state index in [2.05, 4.69) is 122 Å². The summed E-state index contributed by atoms with van der Waals surface area (Å²) in [5.74, 6) is 0. The molecule has 2 aromatic heterocycles. The van der Waals surface area contributed by atoms with E-state index in [1.807, 2.05) is 11.3 Å². The highest BCUT2D eigenvalue weighted by atomic mass is 32.1. The molecule has 0 saturated heterocycles. The average molecular weight is 482 g/mol. The number of hydrogen-bond donors (Lipinski definition) is 0. The second-order valence-corrected chi connectivity index (χ2v) is 11.2. The summed E-state index contributed by atoms with van der Waals surface area (Å²) in [7, 11) is 0. The van der Waals surface area contributed by atoms with Crippen LogP contribution in [0.1, 0.15) is 25.0 Å². The second kappa shape index (κ2) is 6.99. The lowest BCUT2D eigenvalue weighted by atomic mass is 9.73. The minimum Gasteiger partial charge on any atom is -0.456 e. The fourth-order valence-electron chi connectivity index (χ4n) is 6.18. The van der Waals surface area contributed by atoms with Crippen molar-refractivity contribution < 1.29 is 4.42 Å². The maximum atomic E-state index is 6.48. The zero-order valence-corrected chi connectivity index (χ0v) is 20.9. The molecule has 0 amide bonds. The zero-order valence-electron chi connectivity index (χ0n) is 20.1. The highest BCUT2D eigenvalue weighted by Crippen LogP contribution is 2.54. The zero-order chi connectivity index (χ0) is 24.0. The fraction of sp³-hybridized carbons (Fsp3) is 0.0909. The van der Waals surface area contributed by atoms with Gasteiger partial charge in [0.1, 0.15) is 11.2 Å². The molecule has 0 N–H and O–H groups in total. The van der Waals surface area contributed by atoms with Crippen LogP contribution in [-0.4, -0.2) is 0 Å². The minimum absolute atomic E-state index is 0.0885. The normalized spacial score (nSPS) is 14.6. The maximum absolute atomic E-state index is 6.48. The van der Waals surface area contributed by atoms with Gasteiger partial charge in [-0.3, -0.25) is 0 Å². The number of thiophene rings is 1. The number of furan rings is 1. The summed E-state index contributed by atoms with van der Waals surface area (Å²) in [5.41, 5.74) is 8.06. The van der Waals surface area contributed by atoms with Gasteiger partial charge >= 0.3 is 0 Å². The first-order chi connectivity index (χ1) is 17.6. The third kappa shape index (κ3) is 2.51. The van der Waals surface area contributed by atoms with Crippen LogP contribution in [0.25, 0.3) is 42.1 Å². The molecule has 3 heterocycles. The van der Waals surface area contributed by atoms with E-state index < -0.39 is 0 Å². The second-order valence-electron chi connectivity index (χ2n) is 10.2. The Bertz CT molecular complexity index is 1940. The number of anilines is 3. The molecule has 0 fully saturated rings. The van der Waals surface area contributed by atoms with Gasteiger partial charge in [0.05, 0.1) is 22.4 Å². The first kappa shape index (κ1) is 20.1. The van der Waals surface area contributed by atoms with E-state index in [0.717, 1.165) is 16.9 Å². The third-order valence-corrected chi connectivity index (χ3v) is 9.06. The van der Waals surface area contributed by atoms with E-state index in [1.165, 1.54) is 53.4 Å². The van der Waals surface area contributed by atoms with Crippen molar-refractivity contribution in [2.45, 2.75) is 19.3 Å². The number of hydrogen-bond acceptors (Lipinski definition) is 3. The van der Waals surface area contributed by atoms with Gasteiger partial charge in [0.15, 0.2) is 0 Å². The Labute approximate surface area is 213 Å². The van der Waals surface area contributed by atoms with Gasteiger partial charge in [0.2, 0.25) is 0 Å². The van der Waals surface area contributed by atoms with E-state index in [-0.39, 0.29) is 5.41 Å².